The maximum Gasteiger partial charge on any atom is 0.410 e. The van der Waals surface area contributed by atoms with Crippen LogP contribution < -0.4 is 10.1 Å². The van der Waals surface area contributed by atoms with E-state index in [1.165, 1.54) is 0 Å². The summed E-state index contributed by atoms with van der Waals surface area (Å²) >= 11 is 0. The van der Waals surface area contributed by atoms with Crippen LogP contribution in [-0.4, -0.2) is 60.0 Å². The largest absolute Gasteiger partial charge is 0.491 e. The van der Waals surface area contributed by atoms with Gasteiger partial charge in [-0.25, -0.2) is 14.4 Å². The number of nitrogens with zero attached hydrogens (tertiary/aromatic N) is 1. The Labute approximate surface area is 267 Å². The summed E-state index contributed by atoms with van der Waals surface area (Å²) in [6.45, 7) is 1.26. The molecule has 0 bridgehead atoms. The highest BCUT2D eigenvalue weighted by molar-refractivity contribution is 5.81. The molecule has 4 aromatic carbocycles. The fourth-order valence-electron chi connectivity index (χ4n) is 6.18. The molecule has 1 unspecified atom stereocenters. The van der Waals surface area contributed by atoms with Gasteiger partial charge in [-0.15, -0.1) is 0 Å². The lowest BCUT2D eigenvalue weighted by molar-refractivity contribution is -0.139. The number of carbonyl (C=O) groups is 3. The standard InChI is InChI=1S/C37H36N2O7/c40-35(41)34(38-36(42)45-24-33-31-14-6-4-12-29(31)30-13-5-7-15-32(30)33)21-25-16-18-28(19-17-25)44-23-27-11-8-20-39(27)37(43)46-22-26-9-2-1-3-10-26/h1-7,9-10,12-19,27,33-34H,8,11,20-24H2,(H,38,42)(H,40,41)/t27?,34-/m0/s1. The number of carboxylic acid groups (broad SMARTS) is 1. The minimum absolute atomic E-state index is 0.0729. The molecule has 2 N–H and O–H groups in total. The molecule has 2 atom stereocenters. The highest BCUT2D eigenvalue weighted by atomic mass is 16.6. The number of fused-ring (bicyclic) bond motifs is 3. The topological polar surface area (TPSA) is 114 Å². The number of alkyl carbamates (subject to hydrolysis) is 1. The molecule has 1 aliphatic carbocycles. The van der Waals surface area contributed by atoms with Crippen LogP contribution in [0.25, 0.3) is 11.1 Å². The van der Waals surface area contributed by atoms with Crippen molar-refractivity contribution >= 4 is 18.2 Å². The van der Waals surface area contributed by atoms with Crippen LogP contribution in [-0.2, 0) is 27.3 Å². The van der Waals surface area contributed by atoms with Crippen molar-refractivity contribution in [2.75, 3.05) is 19.8 Å². The first kappa shape index (κ1) is 30.7. The SMILES string of the molecule is O=C(N[C@@H](Cc1ccc(OCC2CCCN2C(=O)OCc2ccccc2)cc1)C(=O)O)OCC1c2ccccc2-c2ccccc21. The number of hydrogen-bond donors (Lipinski definition) is 2. The normalized spacial score (nSPS) is 15.8. The second-order valence-electron chi connectivity index (χ2n) is 11.5. The second kappa shape index (κ2) is 14.2. The van der Waals surface area contributed by atoms with E-state index >= 15 is 0 Å². The average molecular weight is 621 g/mol. The zero-order valence-corrected chi connectivity index (χ0v) is 25.3. The van der Waals surface area contributed by atoms with E-state index in [4.69, 9.17) is 14.2 Å². The number of aliphatic carboxylic acids is 1. The van der Waals surface area contributed by atoms with E-state index in [9.17, 15) is 19.5 Å². The fourth-order valence-corrected chi connectivity index (χ4v) is 6.18. The van der Waals surface area contributed by atoms with Gasteiger partial charge >= 0.3 is 18.2 Å². The lowest BCUT2D eigenvalue weighted by Crippen LogP contribution is -2.42. The molecule has 2 aliphatic rings. The molecule has 4 aromatic rings. The third-order valence-corrected chi connectivity index (χ3v) is 8.56. The van der Waals surface area contributed by atoms with Gasteiger partial charge in [0.25, 0.3) is 0 Å². The Morgan fingerprint density at radius 3 is 2.11 bits per heavy atom. The predicted octanol–water partition coefficient (Wildman–Crippen LogP) is 6.40. The van der Waals surface area contributed by atoms with Gasteiger partial charge in [0.05, 0.1) is 6.04 Å². The monoisotopic (exact) mass is 620 g/mol. The molecule has 9 nitrogen and oxygen atoms in total. The summed E-state index contributed by atoms with van der Waals surface area (Å²) in [7, 11) is 0. The lowest BCUT2D eigenvalue weighted by Gasteiger charge is -2.24. The van der Waals surface area contributed by atoms with E-state index in [0.29, 0.717) is 24.5 Å². The van der Waals surface area contributed by atoms with Gasteiger partial charge in [-0.1, -0.05) is 91.0 Å². The van der Waals surface area contributed by atoms with Crippen LogP contribution in [0.4, 0.5) is 9.59 Å². The third-order valence-electron chi connectivity index (χ3n) is 8.56. The molecular formula is C37H36N2O7. The summed E-state index contributed by atoms with van der Waals surface area (Å²) in [5, 5.41) is 12.3. The number of carboxylic acids is 1. The van der Waals surface area contributed by atoms with Crippen LogP contribution in [0.5, 0.6) is 5.75 Å². The van der Waals surface area contributed by atoms with Crippen LogP contribution in [0.2, 0.25) is 0 Å². The van der Waals surface area contributed by atoms with E-state index in [-0.39, 0.29) is 37.7 Å². The summed E-state index contributed by atoms with van der Waals surface area (Å²) in [4.78, 5) is 39.1. The molecule has 6 rings (SSSR count). The first-order valence-corrected chi connectivity index (χ1v) is 15.5. The van der Waals surface area contributed by atoms with Gasteiger partial charge in [0.15, 0.2) is 0 Å². The van der Waals surface area contributed by atoms with Crippen molar-refractivity contribution in [3.05, 3.63) is 125 Å². The van der Waals surface area contributed by atoms with Crippen molar-refractivity contribution in [2.45, 2.75) is 43.9 Å². The van der Waals surface area contributed by atoms with E-state index < -0.39 is 18.1 Å². The van der Waals surface area contributed by atoms with E-state index in [1.807, 2.05) is 66.7 Å². The van der Waals surface area contributed by atoms with Gasteiger partial charge in [0.1, 0.15) is 31.6 Å². The van der Waals surface area contributed by atoms with Crippen LogP contribution in [0.1, 0.15) is 41.0 Å². The number of benzene rings is 4. The number of hydrogen-bond acceptors (Lipinski definition) is 6. The Hall–Kier alpha value is -5.31. The average Bonchev–Trinajstić information content (AvgIpc) is 3.69. The first-order chi connectivity index (χ1) is 22.5. The Morgan fingerprint density at radius 2 is 1.43 bits per heavy atom. The number of rotatable bonds is 11. The molecule has 1 aliphatic heterocycles. The Bertz CT molecular complexity index is 1630. The summed E-state index contributed by atoms with van der Waals surface area (Å²) in [5.74, 6) is -0.677. The van der Waals surface area contributed by atoms with Crippen LogP contribution in [0.3, 0.4) is 0 Å². The van der Waals surface area contributed by atoms with Crippen molar-refractivity contribution < 1.29 is 33.7 Å². The molecular weight excluding hydrogens is 584 g/mol. The lowest BCUT2D eigenvalue weighted by atomic mass is 9.98. The van der Waals surface area contributed by atoms with Crippen LogP contribution >= 0.6 is 0 Å². The zero-order chi connectivity index (χ0) is 31.9. The molecule has 9 heteroatoms. The van der Waals surface area contributed by atoms with Gasteiger partial charge in [0, 0.05) is 18.9 Å². The number of amides is 2. The maximum atomic E-state index is 12.7. The molecule has 0 spiro atoms. The number of likely N-dealkylation sites (tertiary alicyclic amines) is 1. The quantitative estimate of drug-likeness (QED) is 0.199. The summed E-state index contributed by atoms with van der Waals surface area (Å²) < 4.78 is 17.0. The predicted molar refractivity (Wildman–Crippen MR) is 172 cm³/mol. The Balaban J connectivity index is 0.982. The van der Waals surface area contributed by atoms with Crippen LogP contribution in [0.15, 0.2) is 103 Å². The fraction of sp³-hybridized carbons (Fsp3) is 0.270. The Morgan fingerprint density at radius 1 is 0.783 bits per heavy atom. The van der Waals surface area contributed by atoms with Gasteiger partial charge in [-0.2, -0.15) is 0 Å². The molecule has 46 heavy (non-hydrogen) atoms. The van der Waals surface area contributed by atoms with Gasteiger partial charge in [-0.3, -0.25) is 0 Å². The van der Waals surface area contributed by atoms with Gasteiger partial charge in [-0.05, 0) is 58.4 Å². The highest BCUT2D eigenvalue weighted by Gasteiger charge is 2.31. The van der Waals surface area contributed by atoms with Crippen molar-refractivity contribution in [3.63, 3.8) is 0 Å². The van der Waals surface area contributed by atoms with E-state index in [2.05, 4.69) is 17.4 Å². The Kier molecular flexibility index (Phi) is 9.48. The molecule has 1 fully saturated rings. The number of nitrogens with one attached hydrogen (secondary N) is 1. The molecule has 0 saturated carbocycles. The van der Waals surface area contributed by atoms with E-state index in [0.717, 1.165) is 40.7 Å². The molecule has 2 amide bonds. The zero-order valence-electron chi connectivity index (χ0n) is 25.3. The third kappa shape index (κ3) is 7.15. The van der Waals surface area contributed by atoms with Gasteiger partial charge in [0.2, 0.25) is 0 Å². The molecule has 1 heterocycles. The smallest absolute Gasteiger partial charge is 0.410 e. The summed E-state index contributed by atoms with van der Waals surface area (Å²) in [6.07, 6.45) is 0.635. The molecule has 0 radical (unpaired) electrons. The highest BCUT2D eigenvalue weighted by Crippen LogP contribution is 2.44. The van der Waals surface area contributed by atoms with Crippen molar-refractivity contribution in [3.8, 4) is 16.9 Å². The number of ether oxygens (including phenoxy) is 3. The molecule has 236 valence electrons. The maximum absolute atomic E-state index is 12.7. The van der Waals surface area contributed by atoms with Crippen molar-refractivity contribution in [2.24, 2.45) is 0 Å². The molecule has 0 aromatic heterocycles. The minimum Gasteiger partial charge on any atom is -0.491 e. The molecule has 1 saturated heterocycles. The number of carbonyl (C=O) groups excluding carboxylic acids is 2. The second-order valence-corrected chi connectivity index (χ2v) is 11.5. The summed E-state index contributed by atoms with van der Waals surface area (Å²) in [5.41, 5.74) is 6.04. The van der Waals surface area contributed by atoms with Crippen molar-refractivity contribution in [1.29, 1.82) is 0 Å². The van der Waals surface area contributed by atoms with Crippen molar-refractivity contribution in [1.82, 2.24) is 10.2 Å². The van der Waals surface area contributed by atoms with Crippen LogP contribution in [0, 0.1) is 0 Å². The van der Waals surface area contributed by atoms with Gasteiger partial charge < -0.3 is 29.5 Å². The van der Waals surface area contributed by atoms with E-state index in [1.54, 1.807) is 29.2 Å². The summed E-state index contributed by atoms with van der Waals surface area (Å²) in [6, 6.07) is 31.4. The first-order valence-electron chi connectivity index (χ1n) is 15.5. The minimum atomic E-state index is -1.17.